The van der Waals surface area contributed by atoms with Crippen molar-refractivity contribution in [2.24, 2.45) is 23.2 Å². The Labute approximate surface area is 180 Å². The molecule has 4 nitrogen and oxygen atoms in total. The topological polar surface area (TPSA) is 36.4 Å². The first-order valence-corrected chi connectivity index (χ1v) is 11.8. The third kappa shape index (κ3) is 3.85. The van der Waals surface area contributed by atoms with Crippen LogP contribution in [0.4, 0.5) is 18.9 Å². The Hall–Kier alpha value is -1.28. The quantitative estimate of drug-likeness (QED) is 0.608. The van der Waals surface area contributed by atoms with E-state index in [1.54, 1.807) is 11.9 Å². The Morgan fingerprint density at radius 2 is 2.07 bits per heavy atom. The predicted octanol–water partition coefficient (Wildman–Crippen LogP) is 4.90. The largest absolute Gasteiger partial charge is 0.433 e. The van der Waals surface area contributed by atoms with Gasteiger partial charge in [-0.2, -0.15) is 13.2 Å². The zero-order valence-electron chi connectivity index (χ0n) is 17.8. The number of aromatic nitrogens is 1. The van der Waals surface area contributed by atoms with E-state index >= 15 is 0 Å². The lowest BCUT2D eigenvalue weighted by molar-refractivity contribution is -0.141. The van der Waals surface area contributed by atoms with E-state index in [1.807, 2.05) is 0 Å². The zero-order valence-corrected chi connectivity index (χ0v) is 18.6. The van der Waals surface area contributed by atoms with Gasteiger partial charge in [-0.1, -0.05) is 25.8 Å². The van der Waals surface area contributed by atoms with Crippen LogP contribution >= 0.6 is 11.9 Å². The Morgan fingerprint density at radius 1 is 1.30 bits per heavy atom. The van der Waals surface area contributed by atoms with Gasteiger partial charge in [-0.15, -0.1) is 0 Å². The average Bonchev–Trinajstić information content (AvgIpc) is 3.18. The van der Waals surface area contributed by atoms with Crippen molar-refractivity contribution in [2.45, 2.75) is 52.3 Å². The smallest absolute Gasteiger partial charge is 0.365 e. The first-order chi connectivity index (χ1) is 14.1. The van der Waals surface area contributed by atoms with E-state index in [-0.39, 0.29) is 11.5 Å². The minimum Gasteiger partial charge on any atom is -0.365 e. The molecule has 0 spiro atoms. The highest BCUT2D eigenvalue weighted by Crippen LogP contribution is 2.60. The minimum absolute atomic E-state index is 0.152. The first-order valence-electron chi connectivity index (χ1n) is 10.8. The number of hydrogen-bond acceptors (Lipinski definition) is 5. The van der Waals surface area contributed by atoms with Crippen LogP contribution in [-0.2, 0) is 11.0 Å². The summed E-state index contributed by atoms with van der Waals surface area (Å²) in [6, 6.07) is 2.73. The van der Waals surface area contributed by atoms with Gasteiger partial charge in [-0.05, 0) is 49.7 Å². The van der Waals surface area contributed by atoms with Crippen LogP contribution in [0.5, 0.6) is 0 Å². The molecule has 2 aliphatic carbocycles. The van der Waals surface area contributed by atoms with Crippen LogP contribution in [0.25, 0.3) is 0 Å². The summed E-state index contributed by atoms with van der Waals surface area (Å²) in [5.74, 6) is 2.94. The standard InChI is InChI=1S/C22H30F3N3OS/c1-14(2)20-16-6-7-21(20,19(29)10-16)13-30-27-8-9-28(15(3)12-27)17-4-5-18(26-11-17)22(23,24)25/h4-5,11,14-16,20H,6-10,12-13H2,1-3H3/t15-,16+,20?,21+/m0/s1. The Bertz CT molecular complexity index is 785. The van der Waals surface area contributed by atoms with Gasteiger partial charge in [0.15, 0.2) is 0 Å². The molecule has 1 unspecified atom stereocenters. The monoisotopic (exact) mass is 441 g/mol. The molecule has 4 atom stereocenters. The van der Waals surface area contributed by atoms with Crippen LogP contribution in [-0.4, -0.2) is 46.5 Å². The molecule has 0 N–H and O–H groups in total. The maximum atomic E-state index is 12.8. The molecule has 166 valence electrons. The molecule has 1 aromatic rings. The van der Waals surface area contributed by atoms with E-state index in [4.69, 9.17) is 0 Å². The van der Waals surface area contributed by atoms with E-state index in [2.05, 4.69) is 35.0 Å². The molecule has 0 radical (unpaired) electrons. The highest BCUT2D eigenvalue weighted by Gasteiger charge is 2.59. The van der Waals surface area contributed by atoms with Gasteiger partial charge in [0.1, 0.15) is 11.5 Å². The van der Waals surface area contributed by atoms with Gasteiger partial charge in [0.2, 0.25) is 0 Å². The normalized spacial score (nSPS) is 32.4. The Morgan fingerprint density at radius 3 is 2.63 bits per heavy atom. The maximum Gasteiger partial charge on any atom is 0.433 e. The molecule has 8 heteroatoms. The van der Waals surface area contributed by atoms with Crippen molar-refractivity contribution >= 4 is 23.4 Å². The molecule has 0 amide bonds. The van der Waals surface area contributed by atoms with Gasteiger partial charge in [0, 0.05) is 43.3 Å². The number of fused-ring (bicyclic) bond motifs is 2. The van der Waals surface area contributed by atoms with Crippen LogP contribution in [0.15, 0.2) is 18.3 Å². The molecule has 1 aromatic heterocycles. The molecule has 2 bridgehead atoms. The molecule has 0 aromatic carbocycles. The van der Waals surface area contributed by atoms with E-state index < -0.39 is 11.9 Å². The number of halogens is 3. The summed E-state index contributed by atoms with van der Waals surface area (Å²) in [4.78, 5) is 18.5. The average molecular weight is 442 g/mol. The van der Waals surface area contributed by atoms with Crippen molar-refractivity contribution in [3.05, 3.63) is 24.0 Å². The van der Waals surface area contributed by atoms with Gasteiger partial charge in [-0.25, -0.2) is 9.29 Å². The van der Waals surface area contributed by atoms with Gasteiger partial charge in [0.05, 0.1) is 11.9 Å². The van der Waals surface area contributed by atoms with Gasteiger partial charge >= 0.3 is 6.18 Å². The van der Waals surface area contributed by atoms with E-state index in [9.17, 15) is 18.0 Å². The van der Waals surface area contributed by atoms with Gasteiger partial charge in [0.25, 0.3) is 0 Å². The molecule has 2 saturated carbocycles. The highest BCUT2D eigenvalue weighted by atomic mass is 32.2. The van der Waals surface area contributed by atoms with Crippen LogP contribution < -0.4 is 4.90 Å². The summed E-state index contributed by atoms with van der Waals surface area (Å²) in [6.45, 7) is 8.95. The van der Waals surface area contributed by atoms with Crippen molar-refractivity contribution in [3.63, 3.8) is 0 Å². The fraction of sp³-hybridized carbons (Fsp3) is 0.727. The van der Waals surface area contributed by atoms with Crippen LogP contribution in [0.3, 0.4) is 0 Å². The number of nitrogens with zero attached hydrogens (tertiary/aromatic N) is 3. The van der Waals surface area contributed by atoms with Crippen LogP contribution in [0.1, 0.15) is 45.7 Å². The molecule has 2 heterocycles. The van der Waals surface area contributed by atoms with E-state index in [1.165, 1.54) is 18.7 Å². The van der Waals surface area contributed by atoms with Crippen molar-refractivity contribution in [1.29, 1.82) is 0 Å². The lowest BCUT2D eigenvalue weighted by Crippen LogP contribution is -2.50. The van der Waals surface area contributed by atoms with Crippen molar-refractivity contribution in [1.82, 2.24) is 9.29 Å². The fourth-order valence-corrected chi connectivity index (χ4v) is 7.47. The SMILES string of the molecule is CC(C)C1[C@@H]2CC[C@@]1(CSN1CCN(c3ccc(C(F)(F)F)nc3)[C@@H](C)C1)C(=O)C2. The third-order valence-corrected chi connectivity index (χ3v) is 8.63. The summed E-state index contributed by atoms with van der Waals surface area (Å²) >= 11 is 1.80. The van der Waals surface area contributed by atoms with E-state index in [0.29, 0.717) is 23.5 Å². The van der Waals surface area contributed by atoms with Gasteiger partial charge < -0.3 is 4.90 Å². The molecule has 3 aliphatic rings. The molecule has 3 fully saturated rings. The number of hydrogen-bond donors (Lipinski definition) is 0. The van der Waals surface area contributed by atoms with E-state index in [0.717, 1.165) is 50.0 Å². The first kappa shape index (κ1) is 21.9. The zero-order chi connectivity index (χ0) is 21.7. The lowest BCUT2D eigenvalue weighted by Gasteiger charge is -2.42. The number of carbonyl (C=O) groups excluding carboxylic acids is 1. The van der Waals surface area contributed by atoms with Crippen LogP contribution in [0.2, 0.25) is 0 Å². The Kier molecular flexibility index (Phi) is 5.85. The molecule has 1 saturated heterocycles. The number of ketones is 1. The van der Waals surface area contributed by atoms with Crippen molar-refractivity contribution in [3.8, 4) is 0 Å². The second kappa shape index (κ2) is 8.01. The number of rotatable bonds is 5. The highest BCUT2D eigenvalue weighted by molar-refractivity contribution is 7.97. The van der Waals surface area contributed by atoms with Crippen LogP contribution in [0, 0.1) is 23.2 Å². The second-order valence-electron chi connectivity index (χ2n) is 9.46. The molecule has 30 heavy (non-hydrogen) atoms. The summed E-state index contributed by atoms with van der Waals surface area (Å²) in [5.41, 5.74) is -0.285. The lowest BCUT2D eigenvalue weighted by atomic mass is 9.75. The third-order valence-electron chi connectivity index (χ3n) is 7.29. The van der Waals surface area contributed by atoms with Crippen molar-refractivity contribution < 1.29 is 18.0 Å². The number of piperazine rings is 1. The van der Waals surface area contributed by atoms with Gasteiger partial charge in [-0.3, -0.25) is 4.79 Å². The summed E-state index contributed by atoms with van der Waals surface area (Å²) in [6.07, 6.45) is -0.123. The minimum atomic E-state index is -4.41. The number of alkyl halides is 3. The Balaban J connectivity index is 1.36. The fourth-order valence-electron chi connectivity index (χ4n) is 6.02. The molecule has 1 aliphatic heterocycles. The molecular weight excluding hydrogens is 411 g/mol. The van der Waals surface area contributed by atoms with Crippen molar-refractivity contribution in [2.75, 3.05) is 30.3 Å². The maximum absolute atomic E-state index is 12.8. The molecular formula is C22H30F3N3OS. The summed E-state index contributed by atoms with van der Waals surface area (Å²) in [7, 11) is 0. The summed E-state index contributed by atoms with van der Waals surface area (Å²) < 4.78 is 40.6. The summed E-state index contributed by atoms with van der Waals surface area (Å²) in [5, 5.41) is 0. The number of carbonyl (C=O) groups is 1. The predicted molar refractivity (Wildman–Crippen MR) is 113 cm³/mol. The number of pyridine rings is 1. The number of Topliss-reactive ketones (excluding diaryl/α,β-unsaturated/α-hetero) is 1. The number of anilines is 1. The second-order valence-corrected chi connectivity index (χ2v) is 10.5. The molecule has 4 rings (SSSR count).